The topological polar surface area (TPSA) is 100 Å². The van der Waals surface area contributed by atoms with Gasteiger partial charge in [-0.25, -0.2) is 4.98 Å². The van der Waals surface area contributed by atoms with Crippen LogP contribution in [-0.4, -0.2) is 35.0 Å². The van der Waals surface area contributed by atoms with Gasteiger partial charge >= 0.3 is 0 Å². The number of thioether (sulfide) groups is 1. The highest BCUT2D eigenvalue weighted by Crippen LogP contribution is 2.23. The second-order valence-corrected chi connectivity index (χ2v) is 9.67. The molecule has 170 valence electrons. The second-order valence-electron chi connectivity index (χ2n) is 7.59. The van der Waals surface area contributed by atoms with Crippen molar-refractivity contribution >= 4 is 52.2 Å². The molecule has 0 spiro atoms. The Morgan fingerprint density at radius 1 is 1.06 bits per heavy atom. The van der Waals surface area contributed by atoms with E-state index in [4.69, 9.17) is 0 Å². The second kappa shape index (κ2) is 12.4. The van der Waals surface area contributed by atoms with Crippen LogP contribution < -0.4 is 16.0 Å². The quantitative estimate of drug-likeness (QED) is 0.352. The minimum Gasteiger partial charge on any atom is -0.355 e. The van der Waals surface area contributed by atoms with Crippen LogP contribution in [0, 0.1) is 0 Å². The summed E-state index contributed by atoms with van der Waals surface area (Å²) in [5.41, 5.74) is 3.51. The number of benzene rings is 1. The van der Waals surface area contributed by atoms with E-state index in [1.165, 1.54) is 48.4 Å². The molecular weight excluding hydrogens is 444 g/mol. The molecule has 2 aromatic rings. The molecule has 0 radical (unpaired) electrons. The first-order valence-electron chi connectivity index (χ1n) is 10.7. The van der Waals surface area contributed by atoms with Crippen LogP contribution in [0.15, 0.2) is 45.6 Å². The third-order valence-electron chi connectivity index (χ3n) is 4.84. The van der Waals surface area contributed by atoms with E-state index >= 15 is 0 Å². The lowest BCUT2D eigenvalue weighted by atomic mass is 9.97. The van der Waals surface area contributed by atoms with Crippen molar-refractivity contribution in [2.75, 3.05) is 22.9 Å². The zero-order valence-corrected chi connectivity index (χ0v) is 19.7. The van der Waals surface area contributed by atoms with Crippen molar-refractivity contribution in [1.82, 2.24) is 10.3 Å². The lowest BCUT2D eigenvalue weighted by Crippen LogP contribution is -2.26. The maximum absolute atomic E-state index is 12.2. The average molecular weight is 473 g/mol. The molecule has 32 heavy (non-hydrogen) atoms. The number of amides is 3. The Morgan fingerprint density at radius 3 is 2.50 bits per heavy atom. The molecule has 3 rings (SSSR count). The van der Waals surface area contributed by atoms with E-state index in [9.17, 15) is 14.4 Å². The molecule has 0 saturated carbocycles. The molecule has 1 aliphatic rings. The smallest absolute Gasteiger partial charge is 0.234 e. The number of aromatic nitrogens is 1. The van der Waals surface area contributed by atoms with Crippen molar-refractivity contribution in [2.45, 2.75) is 49.8 Å². The van der Waals surface area contributed by atoms with Crippen LogP contribution in [0.1, 0.15) is 44.7 Å². The van der Waals surface area contributed by atoms with E-state index in [1.807, 2.05) is 5.38 Å². The standard InChI is InChI=1S/C23H28N4O3S2/c1-16(28)25-18-7-9-19(10-8-18)26-22(30)15-32-23-27-20(14-31-23)13-21(29)24-12-11-17-5-3-2-4-6-17/h5,7-10,14H,2-4,6,11-13,15H2,1H3,(H,24,29)(H,25,28)(H,26,30). The van der Waals surface area contributed by atoms with Gasteiger partial charge in [0, 0.05) is 30.2 Å². The number of anilines is 2. The minimum absolute atomic E-state index is 0.0243. The number of hydrogen-bond donors (Lipinski definition) is 3. The Bertz CT molecular complexity index is 970. The molecule has 1 aromatic heterocycles. The fraction of sp³-hybridized carbons (Fsp3) is 0.391. The number of rotatable bonds is 10. The van der Waals surface area contributed by atoms with Crippen molar-refractivity contribution in [2.24, 2.45) is 0 Å². The van der Waals surface area contributed by atoms with E-state index in [0.29, 0.717) is 17.9 Å². The number of allylic oxidation sites excluding steroid dienone is 1. The van der Waals surface area contributed by atoms with Gasteiger partial charge in [0.05, 0.1) is 17.9 Å². The number of hydrogen-bond acceptors (Lipinski definition) is 6. The largest absolute Gasteiger partial charge is 0.355 e. The zero-order chi connectivity index (χ0) is 22.8. The van der Waals surface area contributed by atoms with Gasteiger partial charge in [-0.15, -0.1) is 11.3 Å². The summed E-state index contributed by atoms with van der Waals surface area (Å²) >= 11 is 2.78. The summed E-state index contributed by atoms with van der Waals surface area (Å²) in [5, 5.41) is 10.3. The summed E-state index contributed by atoms with van der Waals surface area (Å²) in [6, 6.07) is 6.93. The van der Waals surface area contributed by atoms with E-state index < -0.39 is 0 Å². The van der Waals surface area contributed by atoms with Gasteiger partial charge in [-0.2, -0.15) is 0 Å². The number of nitrogens with zero attached hydrogens (tertiary/aromatic N) is 1. The molecule has 3 amide bonds. The van der Waals surface area contributed by atoms with Crippen molar-refractivity contribution in [1.29, 1.82) is 0 Å². The van der Waals surface area contributed by atoms with Crippen LogP contribution in [0.5, 0.6) is 0 Å². The van der Waals surface area contributed by atoms with Gasteiger partial charge < -0.3 is 16.0 Å². The Balaban J connectivity index is 1.36. The average Bonchev–Trinajstić information content (AvgIpc) is 3.21. The molecule has 0 bridgehead atoms. The molecule has 0 saturated heterocycles. The number of carbonyl (C=O) groups excluding carboxylic acids is 3. The van der Waals surface area contributed by atoms with Gasteiger partial charge in [0.15, 0.2) is 4.34 Å². The number of carbonyl (C=O) groups is 3. The Kier molecular flexibility index (Phi) is 9.30. The highest BCUT2D eigenvalue weighted by molar-refractivity contribution is 8.01. The molecule has 3 N–H and O–H groups in total. The van der Waals surface area contributed by atoms with Gasteiger partial charge in [0.25, 0.3) is 0 Å². The summed E-state index contributed by atoms with van der Waals surface area (Å²) in [5.74, 6) is -0.0880. The van der Waals surface area contributed by atoms with Gasteiger partial charge in [-0.1, -0.05) is 23.4 Å². The van der Waals surface area contributed by atoms with Gasteiger partial charge in [0.1, 0.15) is 0 Å². The highest BCUT2D eigenvalue weighted by Gasteiger charge is 2.11. The lowest BCUT2D eigenvalue weighted by Gasteiger charge is -2.12. The Hall–Kier alpha value is -2.65. The van der Waals surface area contributed by atoms with E-state index in [0.717, 1.165) is 29.3 Å². The summed E-state index contributed by atoms with van der Waals surface area (Å²) in [4.78, 5) is 39.8. The van der Waals surface area contributed by atoms with Crippen LogP contribution in [0.4, 0.5) is 11.4 Å². The molecule has 0 aliphatic heterocycles. The minimum atomic E-state index is -0.145. The fourth-order valence-electron chi connectivity index (χ4n) is 3.32. The van der Waals surface area contributed by atoms with Crippen LogP contribution in [0.2, 0.25) is 0 Å². The van der Waals surface area contributed by atoms with Gasteiger partial charge in [-0.3, -0.25) is 14.4 Å². The number of thiazole rings is 1. The first kappa shape index (κ1) is 24.0. The van der Waals surface area contributed by atoms with Crippen LogP contribution >= 0.6 is 23.1 Å². The fourth-order valence-corrected chi connectivity index (χ4v) is 4.97. The SMILES string of the molecule is CC(=O)Nc1ccc(NC(=O)CSc2nc(CC(=O)NCCC3=CCCCC3)cs2)cc1. The van der Waals surface area contributed by atoms with Crippen LogP contribution in [-0.2, 0) is 20.8 Å². The molecule has 0 unspecified atom stereocenters. The van der Waals surface area contributed by atoms with E-state index in [2.05, 4.69) is 27.0 Å². The molecule has 1 aliphatic carbocycles. The predicted octanol–water partition coefficient (Wildman–Crippen LogP) is 4.38. The van der Waals surface area contributed by atoms with E-state index in [1.54, 1.807) is 24.3 Å². The van der Waals surface area contributed by atoms with Crippen molar-refractivity contribution in [3.63, 3.8) is 0 Å². The predicted molar refractivity (Wildman–Crippen MR) is 130 cm³/mol. The molecular formula is C23H28N4O3S2. The van der Waals surface area contributed by atoms with Crippen LogP contribution in [0.25, 0.3) is 0 Å². The summed E-state index contributed by atoms with van der Waals surface area (Å²) in [6.07, 6.45) is 8.31. The monoisotopic (exact) mass is 472 g/mol. The van der Waals surface area contributed by atoms with Crippen LogP contribution in [0.3, 0.4) is 0 Å². The Morgan fingerprint density at radius 2 is 1.81 bits per heavy atom. The summed E-state index contributed by atoms with van der Waals surface area (Å²) in [6.45, 7) is 2.11. The molecule has 0 atom stereocenters. The van der Waals surface area contributed by atoms with E-state index in [-0.39, 0.29) is 29.9 Å². The Labute approximate surface area is 196 Å². The van der Waals surface area contributed by atoms with Gasteiger partial charge in [0.2, 0.25) is 17.7 Å². The first-order valence-corrected chi connectivity index (χ1v) is 12.5. The molecule has 0 fully saturated rings. The maximum atomic E-state index is 12.2. The third kappa shape index (κ3) is 8.47. The highest BCUT2D eigenvalue weighted by atomic mass is 32.2. The van der Waals surface area contributed by atoms with Crippen molar-refractivity contribution < 1.29 is 14.4 Å². The maximum Gasteiger partial charge on any atom is 0.234 e. The lowest BCUT2D eigenvalue weighted by molar-refractivity contribution is -0.120. The first-order chi connectivity index (χ1) is 15.5. The molecule has 9 heteroatoms. The van der Waals surface area contributed by atoms with Gasteiger partial charge in [-0.05, 0) is 56.4 Å². The van der Waals surface area contributed by atoms with Crippen molar-refractivity contribution in [3.05, 3.63) is 47.0 Å². The molecule has 1 heterocycles. The normalized spacial score (nSPS) is 13.2. The summed E-state index contributed by atoms with van der Waals surface area (Å²) in [7, 11) is 0. The zero-order valence-electron chi connectivity index (χ0n) is 18.1. The third-order valence-corrected chi connectivity index (χ3v) is 6.91. The molecule has 1 aromatic carbocycles. The number of nitrogens with one attached hydrogen (secondary N) is 3. The summed E-state index contributed by atoms with van der Waals surface area (Å²) < 4.78 is 0.760. The van der Waals surface area contributed by atoms with Crippen molar-refractivity contribution in [3.8, 4) is 0 Å². The molecule has 7 nitrogen and oxygen atoms in total.